The second-order valence-electron chi connectivity index (χ2n) is 4.95. The lowest BCUT2D eigenvalue weighted by Crippen LogP contribution is -2.22. The molecule has 4 nitrogen and oxygen atoms in total. The van der Waals surface area contributed by atoms with Gasteiger partial charge in [-0.15, -0.1) is 11.3 Å². The number of methoxy groups -OCH3 is 1. The van der Waals surface area contributed by atoms with Crippen molar-refractivity contribution in [3.05, 3.63) is 65.5 Å². The van der Waals surface area contributed by atoms with E-state index >= 15 is 0 Å². The Balaban J connectivity index is 1.80. The van der Waals surface area contributed by atoms with E-state index in [1.165, 1.54) is 7.11 Å². The van der Waals surface area contributed by atoms with E-state index in [-0.39, 0.29) is 0 Å². The molecule has 0 aliphatic rings. The number of hydrogen-bond acceptors (Lipinski definition) is 4. The zero-order chi connectivity index (χ0) is 16.1. The van der Waals surface area contributed by atoms with Crippen LogP contribution in [0, 0.1) is 0 Å². The van der Waals surface area contributed by atoms with Gasteiger partial charge in [-0.05, 0) is 11.6 Å². The van der Waals surface area contributed by atoms with Gasteiger partial charge in [0.05, 0.1) is 12.8 Å². The van der Waals surface area contributed by atoms with Gasteiger partial charge in [0.2, 0.25) is 0 Å². The lowest BCUT2D eigenvalue weighted by Gasteiger charge is -2.05. The number of amides is 1. The fraction of sp³-hybridized carbons (Fsp3) is 0.111. The second-order valence-corrected chi connectivity index (χ2v) is 5.81. The third-order valence-corrected chi connectivity index (χ3v) is 4.26. The number of carbonyl (C=O) groups is 1. The van der Waals surface area contributed by atoms with Gasteiger partial charge >= 0.3 is 6.09 Å². The summed E-state index contributed by atoms with van der Waals surface area (Å²) in [5.41, 5.74) is 4.13. The molecule has 1 N–H and O–H groups in total. The molecular weight excluding hydrogens is 308 g/mol. The predicted molar refractivity (Wildman–Crippen MR) is 92.2 cm³/mol. The van der Waals surface area contributed by atoms with Gasteiger partial charge in [0, 0.05) is 23.1 Å². The van der Waals surface area contributed by atoms with Gasteiger partial charge in [0.15, 0.2) is 0 Å². The highest BCUT2D eigenvalue weighted by atomic mass is 32.1. The van der Waals surface area contributed by atoms with E-state index < -0.39 is 6.09 Å². The maximum Gasteiger partial charge on any atom is 0.407 e. The molecule has 0 aliphatic carbocycles. The van der Waals surface area contributed by atoms with E-state index in [1.54, 1.807) is 11.3 Å². The summed E-state index contributed by atoms with van der Waals surface area (Å²) in [4.78, 5) is 15.9. The third kappa shape index (κ3) is 3.76. The molecule has 3 aromatic rings. The molecule has 0 fully saturated rings. The maximum absolute atomic E-state index is 11.2. The number of nitrogens with one attached hydrogen (secondary N) is 1. The average molecular weight is 324 g/mol. The number of benzene rings is 2. The highest BCUT2D eigenvalue weighted by Crippen LogP contribution is 2.29. The smallest absolute Gasteiger partial charge is 0.407 e. The molecule has 5 heteroatoms. The Bertz CT molecular complexity index is 800. The van der Waals surface area contributed by atoms with Gasteiger partial charge in [0.25, 0.3) is 0 Å². The van der Waals surface area contributed by atoms with Crippen LogP contribution in [0.5, 0.6) is 0 Å². The lowest BCUT2D eigenvalue weighted by atomic mass is 10.1. The summed E-state index contributed by atoms with van der Waals surface area (Å²) in [6.07, 6.45) is -0.434. The van der Waals surface area contributed by atoms with Crippen molar-refractivity contribution in [3.63, 3.8) is 0 Å². The molecule has 1 heterocycles. The molecule has 1 amide bonds. The van der Waals surface area contributed by atoms with Crippen LogP contribution in [0.15, 0.2) is 60.0 Å². The molecule has 0 radical (unpaired) electrons. The standard InChI is InChI=1S/C18H16N2O2S/c1-22-18(21)19-11-13-6-5-9-15(10-13)17-20-16(12-23-17)14-7-3-2-4-8-14/h2-10,12H,11H2,1H3,(H,19,21). The molecule has 0 aliphatic heterocycles. The molecule has 0 saturated heterocycles. The van der Waals surface area contributed by atoms with Crippen LogP contribution in [0.1, 0.15) is 5.56 Å². The largest absolute Gasteiger partial charge is 0.453 e. The molecule has 3 rings (SSSR count). The van der Waals surface area contributed by atoms with Gasteiger partial charge in [-0.3, -0.25) is 0 Å². The van der Waals surface area contributed by atoms with E-state index in [2.05, 4.69) is 27.6 Å². The SMILES string of the molecule is COC(=O)NCc1cccc(-c2nc(-c3ccccc3)cs2)c1. The van der Waals surface area contributed by atoms with Crippen molar-refractivity contribution in [3.8, 4) is 21.8 Å². The van der Waals surface area contributed by atoms with Gasteiger partial charge in [-0.1, -0.05) is 48.5 Å². The summed E-state index contributed by atoms with van der Waals surface area (Å²) in [7, 11) is 1.35. The van der Waals surface area contributed by atoms with E-state index in [4.69, 9.17) is 4.98 Å². The van der Waals surface area contributed by atoms with Gasteiger partial charge in [-0.2, -0.15) is 0 Å². The Kier molecular flexibility index (Phi) is 4.68. The topological polar surface area (TPSA) is 51.2 Å². The molecule has 0 unspecified atom stereocenters. The number of thiazole rings is 1. The molecule has 0 atom stereocenters. The Labute approximate surface area is 138 Å². The number of aromatic nitrogens is 1. The molecule has 1 aromatic heterocycles. The number of ether oxygens (including phenoxy) is 1. The average Bonchev–Trinajstić information content (AvgIpc) is 3.11. The summed E-state index contributed by atoms with van der Waals surface area (Å²) in [6, 6.07) is 18.1. The minimum atomic E-state index is -0.434. The Morgan fingerprint density at radius 2 is 1.91 bits per heavy atom. The maximum atomic E-state index is 11.2. The minimum absolute atomic E-state index is 0.428. The second kappa shape index (κ2) is 7.07. The van der Waals surface area contributed by atoms with Crippen molar-refractivity contribution in [1.82, 2.24) is 10.3 Å². The van der Waals surface area contributed by atoms with Gasteiger partial charge < -0.3 is 10.1 Å². The van der Waals surface area contributed by atoms with Crippen molar-refractivity contribution in [2.24, 2.45) is 0 Å². The van der Waals surface area contributed by atoms with Gasteiger partial charge in [0.1, 0.15) is 5.01 Å². The van der Waals surface area contributed by atoms with Crippen LogP contribution in [0.25, 0.3) is 21.8 Å². The molecule has 0 saturated carbocycles. The monoisotopic (exact) mass is 324 g/mol. The zero-order valence-electron chi connectivity index (χ0n) is 12.7. The first-order chi connectivity index (χ1) is 11.3. The first-order valence-corrected chi connectivity index (χ1v) is 8.06. The molecule has 23 heavy (non-hydrogen) atoms. The van der Waals surface area contributed by atoms with Crippen LogP contribution >= 0.6 is 11.3 Å². The number of alkyl carbamates (subject to hydrolysis) is 1. The third-order valence-electron chi connectivity index (χ3n) is 3.37. The highest BCUT2D eigenvalue weighted by Gasteiger charge is 2.07. The first kappa shape index (κ1) is 15.2. The zero-order valence-corrected chi connectivity index (χ0v) is 13.5. The Hall–Kier alpha value is -2.66. The summed E-state index contributed by atoms with van der Waals surface area (Å²) in [5, 5.41) is 5.70. The van der Waals surface area contributed by atoms with E-state index in [0.717, 1.165) is 27.4 Å². The summed E-state index contributed by atoms with van der Waals surface area (Å²) in [5.74, 6) is 0. The van der Waals surface area contributed by atoms with E-state index in [9.17, 15) is 4.79 Å². The summed E-state index contributed by atoms with van der Waals surface area (Å²) < 4.78 is 4.58. The van der Waals surface area contributed by atoms with E-state index in [1.807, 2.05) is 42.5 Å². The van der Waals surface area contributed by atoms with Crippen LogP contribution < -0.4 is 5.32 Å². The van der Waals surface area contributed by atoms with Crippen molar-refractivity contribution in [1.29, 1.82) is 0 Å². The molecule has 2 aromatic carbocycles. The van der Waals surface area contributed by atoms with Crippen LogP contribution in [0.3, 0.4) is 0 Å². The van der Waals surface area contributed by atoms with Crippen LogP contribution in [0.2, 0.25) is 0 Å². The lowest BCUT2D eigenvalue weighted by molar-refractivity contribution is 0.170. The number of hydrogen-bond donors (Lipinski definition) is 1. The molecule has 116 valence electrons. The summed E-state index contributed by atoms with van der Waals surface area (Å²) >= 11 is 1.61. The quantitative estimate of drug-likeness (QED) is 0.777. The van der Waals surface area contributed by atoms with Crippen molar-refractivity contribution < 1.29 is 9.53 Å². The van der Waals surface area contributed by atoms with E-state index in [0.29, 0.717) is 6.54 Å². The minimum Gasteiger partial charge on any atom is -0.453 e. The van der Waals surface area contributed by atoms with Crippen LogP contribution in [0.4, 0.5) is 4.79 Å². The summed E-state index contributed by atoms with van der Waals surface area (Å²) in [6.45, 7) is 0.428. The highest BCUT2D eigenvalue weighted by molar-refractivity contribution is 7.13. The fourth-order valence-electron chi connectivity index (χ4n) is 2.21. The van der Waals surface area contributed by atoms with Gasteiger partial charge in [-0.25, -0.2) is 9.78 Å². The normalized spacial score (nSPS) is 10.3. The van der Waals surface area contributed by atoms with Crippen LogP contribution in [-0.4, -0.2) is 18.2 Å². The molecule has 0 bridgehead atoms. The fourth-order valence-corrected chi connectivity index (χ4v) is 3.03. The van der Waals surface area contributed by atoms with Crippen molar-refractivity contribution >= 4 is 17.4 Å². The first-order valence-electron chi connectivity index (χ1n) is 7.18. The predicted octanol–water partition coefficient (Wildman–Crippen LogP) is 4.33. The number of rotatable bonds is 4. The number of carbonyl (C=O) groups excluding carboxylic acids is 1. The van der Waals surface area contributed by atoms with Crippen molar-refractivity contribution in [2.45, 2.75) is 6.54 Å². The Morgan fingerprint density at radius 3 is 2.70 bits per heavy atom. The Morgan fingerprint density at radius 1 is 1.13 bits per heavy atom. The molecular formula is C18H16N2O2S. The van der Waals surface area contributed by atoms with Crippen LogP contribution in [-0.2, 0) is 11.3 Å². The van der Waals surface area contributed by atoms with Crippen molar-refractivity contribution in [2.75, 3.05) is 7.11 Å². The molecule has 0 spiro atoms. The number of nitrogens with zero attached hydrogens (tertiary/aromatic N) is 1.